The highest BCUT2D eigenvalue weighted by Crippen LogP contribution is 2.24. The molecule has 0 aliphatic carbocycles. The van der Waals surface area contributed by atoms with Gasteiger partial charge in [0, 0.05) is 25.1 Å². The van der Waals surface area contributed by atoms with Crippen LogP contribution >= 0.6 is 0 Å². The fourth-order valence-corrected chi connectivity index (χ4v) is 2.11. The van der Waals surface area contributed by atoms with Crippen molar-refractivity contribution in [1.29, 1.82) is 0 Å². The Labute approximate surface area is 102 Å². The predicted molar refractivity (Wildman–Crippen MR) is 68.0 cm³/mol. The minimum Gasteiger partial charge on any atom is -0.393 e. The summed E-state index contributed by atoms with van der Waals surface area (Å²) < 4.78 is 0. The molecule has 0 unspecified atom stereocenters. The first-order valence-corrected chi connectivity index (χ1v) is 6.17. The first-order chi connectivity index (χ1) is 8.11. The number of aryl methyl sites for hydroxylation is 1. The number of aliphatic hydroxyl groups excluding tert-OH is 1. The Morgan fingerprint density at radius 2 is 2.00 bits per heavy atom. The molecule has 0 radical (unpaired) electrons. The maximum Gasteiger partial charge on any atom is 0.137 e. The zero-order valence-corrected chi connectivity index (χ0v) is 10.5. The summed E-state index contributed by atoms with van der Waals surface area (Å²) in [7, 11) is 0. The molecule has 1 aromatic rings. The third kappa shape index (κ3) is 2.49. The van der Waals surface area contributed by atoms with E-state index in [1.54, 1.807) is 0 Å². The van der Waals surface area contributed by atoms with Gasteiger partial charge < -0.3 is 15.7 Å². The van der Waals surface area contributed by atoms with Crippen molar-refractivity contribution in [1.82, 2.24) is 9.97 Å². The number of anilines is 2. The van der Waals surface area contributed by atoms with Crippen molar-refractivity contribution in [2.45, 2.75) is 39.2 Å². The largest absolute Gasteiger partial charge is 0.393 e. The fraction of sp³-hybridized carbons (Fsp3) is 0.667. The van der Waals surface area contributed by atoms with Crippen LogP contribution in [0.5, 0.6) is 0 Å². The van der Waals surface area contributed by atoms with Crippen LogP contribution in [0.1, 0.15) is 31.2 Å². The van der Waals surface area contributed by atoms with E-state index in [0.29, 0.717) is 5.82 Å². The molecule has 1 saturated heterocycles. The van der Waals surface area contributed by atoms with Crippen molar-refractivity contribution in [2.24, 2.45) is 0 Å². The lowest BCUT2D eigenvalue weighted by Crippen LogP contribution is -2.37. The van der Waals surface area contributed by atoms with Crippen molar-refractivity contribution in [3.8, 4) is 0 Å². The summed E-state index contributed by atoms with van der Waals surface area (Å²) in [4.78, 5) is 11.0. The van der Waals surface area contributed by atoms with Crippen LogP contribution in [-0.2, 0) is 6.42 Å². The Bertz CT molecular complexity index is 400. The van der Waals surface area contributed by atoms with Gasteiger partial charge in [0.15, 0.2) is 0 Å². The van der Waals surface area contributed by atoms with E-state index in [4.69, 9.17) is 5.73 Å². The maximum absolute atomic E-state index is 9.51. The molecular weight excluding hydrogens is 216 g/mol. The molecular formula is C12H20N4O. The second-order valence-corrected chi connectivity index (χ2v) is 4.55. The summed E-state index contributed by atoms with van der Waals surface area (Å²) in [5.41, 5.74) is 6.85. The van der Waals surface area contributed by atoms with E-state index in [1.807, 2.05) is 13.8 Å². The standard InChI is InChI=1S/C12H20N4O/c1-3-10-14-11(13)8(2)12(15-10)16-6-4-9(17)5-7-16/h9,17H,3-7H2,1-2H3,(H2,13,14,15). The minimum atomic E-state index is -0.170. The summed E-state index contributed by atoms with van der Waals surface area (Å²) in [5.74, 6) is 2.29. The SMILES string of the molecule is CCc1nc(N)c(C)c(N2CCC(O)CC2)n1. The number of aliphatic hydroxyl groups is 1. The zero-order valence-electron chi connectivity index (χ0n) is 10.5. The van der Waals surface area contributed by atoms with Gasteiger partial charge in [0.25, 0.3) is 0 Å². The van der Waals surface area contributed by atoms with E-state index in [2.05, 4.69) is 14.9 Å². The molecule has 0 amide bonds. The zero-order chi connectivity index (χ0) is 12.4. The lowest BCUT2D eigenvalue weighted by atomic mass is 10.1. The monoisotopic (exact) mass is 236 g/mol. The number of aromatic nitrogens is 2. The third-order valence-corrected chi connectivity index (χ3v) is 3.28. The fourth-order valence-electron chi connectivity index (χ4n) is 2.11. The van der Waals surface area contributed by atoms with E-state index in [9.17, 15) is 5.11 Å². The molecule has 17 heavy (non-hydrogen) atoms. The van der Waals surface area contributed by atoms with Crippen molar-refractivity contribution in [3.05, 3.63) is 11.4 Å². The Hall–Kier alpha value is -1.36. The lowest BCUT2D eigenvalue weighted by Gasteiger charge is -2.31. The number of nitrogens with two attached hydrogens (primary N) is 1. The molecule has 0 spiro atoms. The smallest absolute Gasteiger partial charge is 0.137 e. The number of rotatable bonds is 2. The van der Waals surface area contributed by atoms with Gasteiger partial charge in [-0.3, -0.25) is 0 Å². The number of hydrogen-bond acceptors (Lipinski definition) is 5. The van der Waals surface area contributed by atoms with Gasteiger partial charge in [-0.05, 0) is 19.8 Å². The van der Waals surface area contributed by atoms with Gasteiger partial charge in [0.1, 0.15) is 17.5 Å². The van der Waals surface area contributed by atoms with Crippen LogP contribution < -0.4 is 10.6 Å². The Morgan fingerprint density at radius 3 is 2.59 bits per heavy atom. The number of hydrogen-bond donors (Lipinski definition) is 2. The Morgan fingerprint density at radius 1 is 1.35 bits per heavy atom. The van der Waals surface area contributed by atoms with Gasteiger partial charge in [0.05, 0.1) is 6.10 Å². The van der Waals surface area contributed by atoms with E-state index in [1.165, 1.54) is 0 Å². The predicted octanol–water partition coefficient (Wildman–Crippen LogP) is 0.891. The molecule has 0 atom stereocenters. The van der Waals surface area contributed by atoms with Crippen LogP contribution in [0.25, 0.3) is 0 Å². The molecule has 0 bridgehead atoms. The van der Waals surface area contributed by atoms with E-state index in [-0.39, 0.29) is 6.10 Å². The van der Waals surface area contributed by atoms with Gasteiger partial charge in [-0.25, -0.2) is 9.97 Å². The van der Waals surface area contributed by atoms with Crippen molar-refractivity contribution in [2.75, 3.05) is 23.7 Å². The van der Waals surface area contributed by atoms with E-state index in [0.717, 1.165) is 49.6 Å². The van der Waals surface area contributed by atoms with E-state index >= 15 is 0 Å². The molecule has 0 saturated carbocycles. The Balaban J connectivity index is 2.27. The van der Waals surface area contributed by atoms with Crippen molar-refractivity contribution < 1.29 is 5.11 Å². The van der Waals surface area contributed by atoms with Gasteiger partial charge in [-0.15, -0.1) is 0 Å². The van der Waals surface area contributed by atoms with Crippen LogP contribution in [0.4, 0.5) is 11.6 Å². The number of piperidine rings is 1. The summed E-state index contributed by atoms with van der Waals surface area (Å²) in [6.07, 6.45) is 2.21. The van der Waals surface area contributed by atoms with Gasteiger partial charge in [0.2, 0.25) is 0 Å². The molecule has 3 N–H and O–H groups in total. The molecule has 5 heteroatoms. The number of nitrogens with zero attached hydrogens (tertiary/aromatic N) is 3. The highest BCUT2D eigenvalue weighted by molar-refractivity contribution is 5.56. The van der Waals surface area contributed by atoms with Crippen LogP contribution in [-0.4, -0.2) is 34.3 Å². The van der Waals surface area contributed by atoms with Crippen molar-refractivity contribution in [3.63, 3.8) is 0 Å². The van der Waals surface area contributed by atoms with Gasteiger partial charge >= 0.3 is 0 Å². The second kappa shape index (κ2) is 4.87. The molecule has 2 rings (SSSR count). The van der Waals surface area contributed by atoms with Crippen LogP contribution in [0.15, 0.2) is 0 Å². The quantitative estimate of drug-likeness (QED) is 0.797. The minimum absolute atomic E-state index is 0.170. The average Bonchev–Trinajstić information content (AvgIpc) is 2.34. The molecule has 5 nitrogen and oxygen atoms in total. The highest BCUT2D eigenvalue weighted by Gasteiger charge is 2.21. The molecule has 2 heterocycles. The topological polar surface area (TPSA) is 75.3 Å². The van der Waals surface area contributed by atoms with Crippen LogP contribution in [0.3, 0.4) is 0 Å². The first kappa shape index (κ1) is 12.1. The number of nitrogen functional groups attached to an aromatic ring is 1. The maximum atomic E-state index is 9.51. The molecule has 0 aromatic carbocycles. The molecule has 1 aliphatic rings. The summed E-state index contributed by atoms with van der Waals surface area (Å²) in [6, 6.07) is 0. The molecule has 1 fully saturated rings. The third-order valence-electron chi connectivity index (χ3n) is 3.28. The van der Waals surface area contributed by atoms with Crippen LogP contribution in [0.2, 0.25) is 0 Å². The summed E-state index contributed by atoms with van der Waals surface area (Å²) in [6.45, 7) is 5.65. The normalized spacial score (nSPS) is 17.5. The average molecular weight is 236 g/mol. The molecule has 1 aromatic heterocycles. The Kier molecular flexibility index (Phi) is 3.47. The first-order valence-electron chi connectivity index (χ1n) is 6.17. The lowest BCUT2D eigenvalue weighted by molar-refractivity contribution is 0.145. The molecule has 1 aliphatic heterocycles. The van der Waals surface area contributed by atoms with Crippen LogP contribution in [0, 0.1) is 6.92 Å². The highest BCUT2D eigenvalue weighted by atomic mass is 16.3. The second-order valence-electron chi connectivity index (χ2n) is 4.55. The van der Waals surface area contributed by atoms with Gasteiger partial charge in [-0.1, -0.05) is 6.92 Å². The summed E-state index contributed by atoms with van der Waals surface area (Å²) in [5, 5.41) is 9.51. The van der Waals surface area contributed by atoms with E-state index < -0.39 is 0 Å². The molecule has 94 valence electrons. The van der Waals surface area contributed by atoms with Gasteiger partial charge in [-0.2, -0.15) is 0 Å². The summed E-state index contributed by atoms with van der Waals surface area (Å²) >= 11 is 0. The van der Waals surface area contributed by atoms with Crippen molar-refractivity contribution >= 4 is 11.6 Å².